The topological polar surface area (TPSA) is 43.8 Å². The molecule has 0 saturated carbocycles. The van der Waals surface area contributed by atoms with Crippen molar-refractivity contribution >= 4 is 15.9 Å². The van der Waals surface area contributed by atoms with Gasteiger partial charge in [0, 0.05) is 35.0 Å². The highest BCUT2D eigenvalue weighted by Crippen LogP contribution is 2.23. The molecule has 18 heavy (non-hydrogen) atoms. The maximum atomic E-state index is 13.6. The highest BCUT2D eigenvalue weighted by Gasteiger charge is 2.12. The number of benzene rings is 1. The monoisotopic (exact) mass is 311 g/mol. The van der Waals surface area contributed by atoms with E-state index in [0.29, 0.717) is 12.0 Å². The maximum absolute atomic E-state index is 13.6. The second kappa shape index (κ2) is 5.63. The van der Waals surface area contributed by atoms with Gasteiger partial charge in [-0.1, -0.05) is 15.9 Å². The molecule has 0 bridgehead atoms. The van der Waals surface area contributed by atoms with Gasteiger partial charge in [0.15, 0.2) is 0 Å². The fourth-order valence-electron chi connectivity index (χ4n) is 1.90. The van der Waals surface area contributed by atoms with Gasteiger partial charge < -0.3 is 5.73 Å². The molecule has 2 N–H and O–H groups in total. The van der Waals surface area contributed by atoms with E-state index < -0.39 is 0 Å². The number of nitrogens with two attached hydrogens (primary N) is 1. The predicted octanol–water partition coefficient (Wildman–Crippen LogP) is 2.95. The summed E-state index contributed by atoms with van der Waals surface area (Å²) in [5.74, 6) is -0.254. The van der Waals surface area contributed by atoms with Crippen molar-refractivity contribution in [2.24, 2.45) is 12.8 Å². The number of hydrogen-bond acceptors (Lipinski definition) is 2. The molecule has 2 aromatic rings. The summed E-state index contributed by atoms with van der Waals surface area (Å²) >= 11 is 3.33. The van der Waals surface area contributed by atoms with E-state index in [1.165, 1.54) is 6.07 Å². The zero-order valence-electron chi connectivity index (χ0n) is 10.1. The molecular formula is C13H15BrFN3. The Bertz CT molecular complexity index is 539. The molecule has 96 valence electrons. The van der Waals surface area contributed by atoms with Crippen LogP contribution in [0, 0.1) is 5.82 Å². The van der Waals surface area contributed by atoms with Gasteiger partial charge in [0.05, 0.1) is 0 Å². The zero-order valence-corrected chi connectivity index (χ0v) is 11.7. The van der Waals surface area contributed by atoms with E-state index in [4.69, 9.17) is 5.73 Å². The molecule has 1 atom stereocenters. The minimum absolute atomic E-state index is 0.254. The Labute approximate surface area is 114 Å². The Kier molecular flexibility index (Phi) is 4.14. The quantitative estimate of drug-likeness (QED) is 0.943. The summed E-state index contributed by atoms with van der Waals surface area (Å²) in [6.07, 6.45) is 3.22. The molecule has 0 aliphatic heterocycles. The first-order valence-electron chi connectivity index (χ1n) is 5.75. The van der Waals surface area contributed by atoms with Gasteiger partial charge >= 0.3 is 0 Å². The standard InChI is InChI=1S/C13H15BrFN3/c1-18-10(6-7-17-18)3-5-13(16)11-8-9(14)2-4-12(11)15/h2,4,6-8,13H,3,5,16H2,1H3. The van der Waals surface area contributed by atoms with Crippen LogP contribution < -0.4 is 5.73 Å². The van der Waals surface area contributed by atoms with Crippen molar-refractivity contribution in [3.63, 3.8) is 0 Å². The van der Waals surface area contributed by atoms with Crippen LogP contribution in [0.1, 0.15) is 23.7 Å². The third-order valence-corrected chi connectivity index (χ3v) is 3.48. The molecular weight excluding hydrogens is 297 g/mol. The normalized spacial score (nSPS) is 12.7. The first-order valence-corrected chi connectivity index (χ1v) is 6.54. The summed E-state index contributed by atoms with van der Waals surface area (Å²) < 4.78 is 16.3. The third kappa shape index (κ3) is 2.97. The number of halogens is 2. The van der Waals surface area contributed by atoms with Crippen molar-refractivity contribution in [3.05, 3.63) is 52.0 Å². The average molecular weight is 312 g/mol. The zero-order chi connectivity index (χ0) is 13.1. The number of rotatable bonds is 4. The van der Waals surface area contributed by atoms with Crippen LogP contribution in [0.3, 0.4) is 0 Å². The smallest absolute Gasteiger partial charge is 0.128 e. The Balaban J connectivity index is 2.06. The fraction of sp³-hybridized carbons (Fsp3) is 0.308. The largest absolute Gasteiger partial charge is 0.324 e. The van der Waals surface area contributed by atoms with Crippen LogP contribution in [0.25, 0.3) is 0 Å². The van der Waals surface area contributed by atoms with E-state index in [9.17, 15) is 4.39 Å². The van der Waals surface area contributed by atoms with Gasteiger partial charge in [0.1, 0.15) is 5.82 Å². The van der Waals surface area contributed by atoms with Crippen molar-refractivity contribution in [2.75, 3.05) is 0 Å². The molecule has 1 unspecified atom stereocenters. The highest BCUT2D eigenvalue weighted by molar-refractivity contribution is 9.10. The summed E-state index contributed by atoms with van der Waals surface area (Å²) in [4.78, 5) is 0. The Morgan fingerprint density at radius 2 is 2.22 bits per heavy atom. The third-order valence-electron chi connectivity index (χ3n) is 2.99. The van der Waals surface area contributed by atoms with Gasteiger partial charge in [-0.25, -0.2) is 4.39 Å². The molecule has 0 spiro atoms. The molecule has 0 aliphatic carbocycles. The van der Waals surface area contributed by atoms with Crippen molar-refractivity contribution in [3.8, 4) is 0 Å². The number of hydrogen-bond donors (Lipinski definition) is 1. The van der Waals surface area contributed by atoms with Crippen LogP contribution in [0.5, 0.6) is 0 Å². The van der Waals surface area contributed by atoms with E-state index in [2.05, 4.69) is 21.0 Å². The second-order valence-electron chi connectivity index (χ2n) is 4.26. The SMILES string of the molecule is Cn1nccc1CCC(N)c1cc(Br)ccc1F. The summed E-state index contributed by atoms with van der Waals surface area (Å²) in [5.41, 5.74) is 7.69. The van der Waals surface area contributed by atoms with Gasteiger partial charge in [-0.2, -0.15) is 5.10 Å². The van der Waals surface area contributed by atoms with Crippen molar-refractivity contribution in [2.45, 2.75) is 18.9 Å². The van der Waals surface area contributed by atoms with E-state index in [1.54, 1.807) is 18.3 Å². The van der Waals surface area contributed by atoms with Gasteiger partial charge in [-0.05, 0) is 37.1 Å². The molecule has 0 saturated heterocycles. The molecule has 0 amide bonds. The summed E-state index contributed by atoms with van der Waals surface area (Å²) in [6, 6.07) is 6.49. The summed E-state index contributed by atoms with van der Waals surface area (Å²) in [6.45, 7) is 0. The Hall–Kier alpha value is -1.20. The number of nitrogens with zero attached hydrogens (tertiary/aromatic N) is 2. The fourth-order valence-corrected chi connectivity index (χ4v) is 2.28. The van der Waals surface area contributed by atoms with Gasteiger partial charge in [0.2, 0.25) is 0 Å². The van der Waals surface area contributed by atoms with Crippen LogP contribution in [0.15, 0.2) is 34.9 Å². The Morgan fingerprint density at radius 3 is 2.89 bits per heavy atom. The lowest BCUT2D eigenvalue weighted by Crippen LogP contribution is -2.14. The molecule has 0 radical (unpaired) electrons. The first kappa shape index (κ1) is 13.2. The molecule has 0 aliphatic rings. The minimum atomic E-state index is -0.308. The molecule has 1 heterocycles. The van der Waals surface area contributed by atoms with E-state index in [1.807, 2.05) is 17.8 Å². The molecule has 5 heteroatoms. The van der Waals surface area contributed by atoms with E-state index in [0.717, 1.165) is 16.6 Å². The van der Waals surface area contributed by atoms with E-state index >= 15 is 0 Å². The lowest BCUT2D eigenvalue weighted by Gasteiger charge is -2.13. The van der Waals surface area contributed by atoms with Gasteiger partial charge in [-0.3, -0.25) is 4.68 Å². The first-order chi connectivity index (χ1) is 8.58. The molecule has 1 aromatic carbocycles. The predicted molar refractivity (Wildman–Crippen MR) is 72.6 cm³/mol. The van der Waals surface area contributed by atoms with Crippen molar-refractivity contribution in [1.82, 2.24) is 9.78 Å². The Morgan fingerprint density at radius 1 is 1.44 bits per heavy atom. The second-order valence-corrected chi connectivity index (χ2v) is 5.17. The van der Waals surface area contributed by atoms with Crippen LogP contribution in [0.4, 0.5) is 4.39 Å². The van der Waals surface area contributed by atoms with Crippen LogP contribution in [-0.2, 0) is 13.5 Å². The lowest BCUT2D eigenvalue weighted by molar-refractivity contribution is 0.555. The van der Waals surface area contributed by atoms with Gasteiger partial charge in [0.25, 0.3) is 0 Å². The number of aryl methyl sites for hydroxylation is 2. The van der Waals surface area contributed by atoms with Crippen LogP contribution in [-0.4, -0.2) is 9.78 Å². The maximum Gasteiger partial charge on any atom is 0.128 e. The molecule has 1 aromatic heterocycles. The van der Waals surface area contributed by atoms with Crippen LogP contribution >= 0.6 is 15.9 Å². The highest BCUT2D eigenvalue weighted by atomic mass is 79.9. The average Bonchev–Trinajstić information content (AvgIpc) is 2.75. The molecule has 2 rings (SSSR count). The van der Waals surface area contributed by atoms with Crippen LogP contribution in [0.2, 0.25) is 0 Å². The molecule has 0 fully saturated rings. The number of aromatic nitrogens is 2. The summed E-state index contributed by atoms with van der Waals surface area (Å²) in [7, 11) is 1.89. The van der Waals surface area contributed by atoms with E-state index in [-0.39, 0.29) is 11.9 Å². The lowest BCUT2D eigenvalue weighted by atomic mass is 10.0. The van der Waals surface area contributed by atoms with Gasteiger partial charge in [-0.15, -0.1) is 0 Å². The van der Waals surface area contributed by atoms with Crippen molar-refractivity contribution < 1.29 is 4.39 Å². The minimum Gasteiger partial charge on any atom is -0.324 e. The summed E-state index contributed by atoms with van der Waals surface area (Å²) in [5, 5.41) is 4.09. The molecule has 3 nitrogen and oxygen atoms in total. The van der Waals surface area contributed by atoms with Crippen molar-refractivity contribution in [1.29, 1.82) is 0 Å².